The second-order valence-corrected chi connectivity index (χ2v) is 7.27. The van der Waals surface area contributed by atoms with E-state index in [1.807, 2.05) is 0 Å². The molecule has 2 amide bonds. The number of carbonyl (C=O) groups is 3. The Bertz CT molecular complexity index is 815. The number of carboxylic acids is 1. The van der Waals surface area contributed by atoms with E-state index in [2.05, 4.69) is 5.32 Å². The predicted molar refractivity (Wildman–Crippen MR) is 101 cm³/mol. The van der Waals surface area contributed by atoms with Crippen molar-refractivity contribution in [1.29, 1.82) is 0 Å². The number of nitrogens with one attached hydrogen (secondary N) is 1. The van der Waals surface area contributed by atoms with Gasteiger partial charge < -0.3 is 30.3 Å². The van der Waals surface area contributed by atoms with Gasteiger partial charge in [0.15, 0.2) is 0 Å². The van der Waals surface area contributed by atoms with Gasteiger partial charge in [-0.3, -0.25) is 14.4 Å². The summed E-state index contributed by atoms with van der Waals surface area (Å²) in [6.45, 7) is -0.248. The molecule has 29 heavy (non-hydrogen) atoms. The lowest BCUT2D eigenvalue weighted by molar-refractivity contribution is -0.139. The third-order valence-corrected chi connectivity index (χ3v) is 4.93. The Labute approximate surface area is 167 Å². The van der Waals surface area contributed by atoms with E-state index in [9.17, 15) is 24.6 Å². The third-order valence-electron chi connectivity index (χ3n) is 4.93. The van der Waals surface area contributed by atoms with Crippen LogP contribution in [0.3, 0.4) is 0 Å². The average molecular weight is 404 g/mol. The summed E-state index contributed by atoms with van der Waals surface area (Å²) >= 11 is 0. The highest BCUT2D eigenvalue weighted by Gasteiger charge is 2.37. The molecule has 0 bridgehead atoms. The Hall–Kier alpha value is -3.07. The molecule has 9 heteroatoms. The van der Waals surface area contributed by atoms with Crippen LogP contribution in [-0.4, -0.2) is 63.8 Å². The number of aliphatic carboxylic acids is 1. The number of benzene rings is 1. The topological polar surface area (TPSA) is 136 Å². The Kier molecular flexibility index (Phi) is 6.38. The molecule has 1 saturated carbocycles. The van der Waals surface area contributed by atoms with Gasteiger partial charge in [0.2, 0.25) is 0 Å². The molecule has 1 aliphatic carbocycles. The Morgan fingerprint density at radius 2 is 1.90 bits per heavy atom. The van der Waals surface area contributed by atoms with E-state index in [4.69, 9.17) is 9.84 Å². The predicted octanol–water partition coefficient (Wildman–Crippen LogP) is 0.581. The fourth-order valence-electron chi connectivity index (χ4n) is 3.09. The Morgan fingerprint density at radius 3 is 2.48 bits per heavy atom. The first-order valence-electron chi connectivity index (χ1n) is 9.44. The Morgan fingerprint density at radius 1 is 1.21 bits per heavy atom. The highest BCUT2D eigenvalue weighted by Crippen LogP contribution is 2.30. The standard InChI is InChI=1S/C20H24N2O7/c23-10-14-7-16(24)18(19(27)21-8-17(25)26)20(28)22(14)9-12-3-5-15(6-4-12)29-11-13-1-2-13/h3-6,13-14,23-24H,1-2,7-11H2,(H,21,27)(H,25,26)/t14-/m1/s1. The molecule has 1 fully saturated rings. The SMILES string of the molecule is O=C(O)CNC(=O)C1=C(O)C[C@H](CO)N(Cc2ccc(OCC3CC3)cc2)C1=O. The fourth-order valence-corrected chi connectivity index (χ4v) is 3.09. The van der Waals surface area contributed by atoms with Crippen molar-refractivity contribution >= 4 is 17.8 Å². The number of nitrogens with zero attached hydrogens (tertiary/aromatic N) is 1. The molecular formula is C20H24N2O7. The molecule has 3 rings (SSSR count). The van der Waals surface area contributed by atoms with E-state index < -0.39 is 41.7 Å². The van der Waals surface area contributed by atoms with Crippen LogP contribution in [0.1, 0.15) is 24.8 Å². The van der Waals surface area contributed by atoms with Crippen molar-refractivity contribution in [3.63, 3.8) is 0 Å². The lowest BCUT2D eigenvalue weighted by Gasteiger charge is -2.35. The summed E-state index contributed by atoms with van der Waals surface area (Å²) in [5.41, 5.74) is 0.266. The molecule has 0 saturated heterocycles. The van der Waals surface area contributed by atoms with E-state index in [0.717, 1.165) is 11.3 Å². The van der Waals surface area contributed by atoms with Gasteiger partial charge in [0.1, 0.15) is 23.6 Å². The summed E-state index contributed by atoms with van der Waals surface area (Å²) in [7, 11) is 0. The number of carbonyl (C=O) groups excluding carboxylic acids is 2. The smallest absolute Gasteiger partial charge is 0.322 e. The van der Waals surface area contributed by atoms with Gasteiger partial charge in [0.25, 0.3) is 11.8 Å². The van der Waals surface area contributed by atoms with E-state index in [-0.39, 0.29) is 19.6 Å². The van der Waals surface area contributed by atoms with E-state index in [0.29, 0.717) is 12.5 Å². The summed E-state index contributed by atoms with van der Waals surface area (Å²) in [6, 6.07) is 6.50. The van der Waals surface area contributed by atoms with Gasteiger partial charge in [0.05, 0.1) is 19.3 Å². The van der Waals surface area contributed by atoms with Crippen LogP contribution in [0.15, 0.2) is 35.6 Å². The molecule has 1 heterocycles. The van der Waals surface area contributed by atoms with Crippen LogP contribution in [0.2, 0.25) is 0 Å². The van der Waals surface area contributed by atoms with Crippen LogP contribution in [0.5, 0.6) is 5.75 Å². The number of carboxylic acid groups (broad SMARTS) is 1. The first-order chi connectivity index (χ1) is 13.9. The molecule has 1 aromatic carbocycles. The molecule has 0 radical (unpaired) electrons. The van der Waals surface area contributed by atoms with Gasteiger partial charge in [-0.25, -0.2) is 0 Å². The zero-order chi connectivity index (χ0) is 21.0. The highest BCUT2D eigenvalue weighted by molar-refractivity contribution is 6.19. The Balaban J connectivity index is 1.70. The van der Waals surface area contributed by atoms with Crippen molar-refractivity contribution in [1.82, 2.24) is 10.2 Å². The maximum absolute atomic E-state index is 12.8. The minimum atomic E-state index is -1.27. The number of aliphatic hydroxyl groups is 2. The van der Waals surface area contributed by atoms with Gasteiger partial charge in [0, 0.05) is 13.0 Å². The van der Waals surface area contributed by atoms with Crippen molar-refractivity contribution in [3.8, 4) is 5.75 Å². The number of hydrogen-bond acceptors (Lipinski definition) is 6. The van der Waals surface area contributed by atoms with Crippen LogP contribution >= 0.6 is 0 Å². The van der Waals surface area contributed by atoms with Crippen molar-refractivity contribution in [2.45, 2.75) is 31.8 Å². The van der Waals surface area contributed by atoms with E-state index in [1.165, 1.54) is 17.7 Å². The molecule has 0 spiro atoms. The molecule has 4 N–H and O–H groups in total. The van der Waals surface area contributed by atoms with Crippen LogP contribution in [0.25, 0.3) is 0 Å². The number of rotatable bonds is 9. The van der Waals surface area contributed by atoms with Crippen LogP contribution in [0, 0.1) is 5.92 Å². The maximum Gasteiger partial charge on any atom is 0.322 e. The number of hydrogen-bond donors (Lipinski definition) is 4. The number of aliphatic hydroxyl groups excluding tert-OH is 2. The molecule has 1 aliphatic heterocycles. The highest BCUT2D eigenvalue weighted by atomic mass is 16.5. The zero-order valence-electron chi connectivity index (χ0n) is 15.8. The van der Waals surface area contributed by atoms with Crippen LogP contribution in [0.4, 0.5) is 0 Å². The zero-order valence-corrected chi connectivity index (χ0v) is 15.8. The molecule has 156 valence electrons. The maximum atomic E-state index is 12.8. The minimum absolute atomic E-state index is 0.0966. The molecule has 0 aromatic heterocycles. The van der Waals surface area contributed by atoms with Crippen molar-refractivity contribution < 1.29 is 34.4 Å². The molecule has 1 atom stereocenters. The van der Waals surface area contributed by atoms with Crippen LogP contribution in [-0.2, 0) is 20.9 Å². The summed E-state index contributed by atoms with van der Waals surface area (Å²) in [5.74, 6) is -2.08. The fraction of sp³-hybridized carbons (Fsp3) is 0.450. The van der Waals surface area contributed by atoms with Crippen molar-refractivity contribution in [2.75, 3.05) is 19.8 Å². The number of ether oxygens (including phenoxy) is 1. The largest absolute Gasteiger partial charge is 0.511 e. The lowest BCUT2D eigenvalue weighted by atomic mass is 9.98. The minimum Gasteiger partial charge on any atom is -0.511 e. The molecule has 0 unspecified atom stereocenters. The second-order valence-electron chi connectivity index (χ2n) is 7.27. The summed E-state index contributed by atoms with van der Waals surface area (Å²) < 4.78 is 5.69. The average Bonchev–Trinajstić information content (AvgIpc) is 3.52. The van der Waals surface area contributed by atoms with Crippen molar-refractivity contribution in [2.24, 2.45) is 5.92 Å². The van der Waals surface area contributed by atoms with Gasteiger partial charge >= 0.3 is 5.97 Å². The van der Waals surface area contributed by atoms with E-state index in [1.54, 1.807) is 24.3 Å². The molecule has 9 nitrogen and oxygen atoms in total. The molecule has 2 aliphatic rings. The van der Waals surface area contributed by atoms with E-state index >= 15 is 0 Å². The van der Waals surface area contributed by atoms with Crippen molar-refractivity contribution in [3.05, 3.63) is 41.2 Å². The summed E-state index contributed by atoms with van der Waals surface area (Å²) in [4.78, 5) is 36.9. The molecule has 1 aromatic rings. The van der Waals surface area contributed by atoms with Gasteiger partial charge in [-0.1, -0.05) is 12.1 Å². The monoisotopic (exact) mass is 404 g/mol. The molecular weight excluding hydrogens is 380 g/mol. The van der Waals surface area contributed by atoms with Gasteiger partial charge in [-0.15, -0.1) is 0 Å². The first-order valence-corrected chi connectivity index (χ1v) is 9.44. The summed E-state index contributed by atoms with van der Waals surface area (Å²) in [5, 5.41) is 30.5. The second kappa shape index (κ2) is 8.95. The lowest BCUT2D eigenvalue weighted by Crippen LogP contribution is -2.49. The first kappa shape index (κ1) is 20.7. The van der Waals surface area contributed by atoms with Gasteiger partial charge in [-0.05, 0) is 36.5 Å². The normalized spacial score (nSPS) is 19.3. The van der Waals surface area contributed by atoms with Crippen LogP contribution < -0.4 is 10.1 Å². The third kappa shape index (κ3) is 5.26. The van der Waals surface area contributed by atoms with Gasteiger partial charge in [-0.2, -0.15) is 0 Å². The number of amides is 2. The quantitative estimate of drug-likeness (QED) is 0.442. The summed E-state index contributed by atoms with van der Waals surface area (Å²) in [6.07, 6.45) is 2.29.